The van der Waals surface area contributed by atoms with Gasteiger partial charge in [-0.15, -0.1) is 11.3 Å². The molecular weight excluding hydrogens is 290 g/mol. The Bertz CT molecular complexity index is 536. The maximum absolute atomic E-state index is 12.0. The van der Waals surface area contributed by atoms with E-state index in [0.29, 0.717) is 5.56 Å². The lowest BCUT2D eigenvalue weighted by molar-refractivity contribution is -0.141. The van der Waals surface area contributed by atoms with Gasteiger partial charge in [-0.3, -0.25) is 14.4 Å². The summed E-state index contributed by atoms with van der Waals surface area (Å²) in [6, 6.07) is 1.56. The number of hydrogen-bond donors (Lipinski definition) is 1. The second kappa shape index (κ2) is 7.93. The Morgan fingerprint density at radius 2 is 1.95 bits per heavy atom. The number of ketones is 1. The fourth-order valence-corrected chi connectivity index (χ4v) is 2.94. The summed E-state index contributed by atoms with van der Waals surface area (Å²) in [4.78, 5) is 36.9. The molecule has 6 heteroatoms. The van der Waals surface area contributed by atoms with Gasteiger partial charge in [-0.2, -0.15) is 0 Å². The first-order valence-corrected chi connectivity index (χ1v) is 7.61. The van der Waals surface area contributed by atoms with Crippen LogP contribution in [0.1, 0.15) is 46.3 Å². The third-order valence-corrected chi connectivity index (χ3v) is 3.99. The molecule has 0 aliphatic carbocycles. The zero-order chi connectivity index (χ0) is 16.0. The first kappa shape index (κ1) is 17.4. The summed E-state index contributed by atoms with van der Waals surface area (Å²) < 4.78 is 4.53. The highest BCUT2D eigenvalue weighted by Crippen LogP contribution is 2.22. The Balaban J connectivity index is 2.41. The van der Waals surface area contributed by atoms with Gasteiger partial charge in [0.05, 0.1) is 13.5 Å². The summed E-state index contributed by atoms with van der Waals surface area (Å²) in [7, 11) is 1.31. The molecule has 0 spiro atoms. The lowest BCUT2D eigenvalue weighted by Gasteiger charge is -2.12. The van der Waals surface area contributed by atoms with Gasteiger partial charge in [0.2, 0.25) is 5.91 Å². The highest BCUT2D eigenvalue weighted by atomic mass is 32.1. The van der Waals surface area contributed by atoms with Crippen molar-refractivity contribution < 1.29 is 19.1 Å². The zero-order valence-corrected chi connectivity index (χ0v) is 13.6. The van der Waals surface area contributed by atoms with Crippen molar-refractivity contribution in [3.8, 4) is 0 Å². The van der Waals surface area contributed by atoms with Gasteiger partial charge in [-0.25, -0.2) is 0 Å². The summed E-state index contributed by atoms with van der Waals surface area (Å²) in [6.45, 7) is 5.59. The Labute approximate surface area is 128 Å². The van der Waals surface area contributed by atoms with E-state index in [1.807, 2.05) is 19.9 Å². The van der Waals surface area contributed by atoms with Gasteiger partial charge in [0, 0.05) is 34.2 Å². The number of carbonyl (C=O) groups excluding carboxylic acids is 3. The summed E-state index contributed by atoms with van der Waals surface area (Å²) >= 11 is 1.58. The Kier molecular flexibility index (Phi) is 6.55. The fraction of sp³-hybridized carbons (Fsp3) is 0.533. The van der Waals surface area contributed by atoms with E-state index in [1.165, 1.54) is 7.11 Å². The van der Waals surface area contributed by atoms with E-state index in [0.717, 1.165) is 9.75 Å². The monoisotopic (exact) mass is 311 g/mol. The van der Waals surface area contributed by atoms with Gasteiger partial charge in [-0.1, -0.05) is 0 Å². The van der Waals surface area contributed by atoms with Crippen molar-refractivity contribution in [2.24, 2.45) is 0 Å². The number of Topliss-reactive ketones (excluding diaryl/α,β-unsaturated/α-hetero) is 1. The molecule has 21 heavy (non-hydrogen) atoms. The minimum absolute atomic E-state index is 0.0207. The van der Waals surface area contributed by atoms with Gasteiger partial charge in [-0.05, 0) is 26.8 Å². The average Bonchev–Trinajstić information content (AvgIpc) is 2.74. The number of rotatable bonds is 7. The summed E-state index contributed by atoms with van der Waals surface area (Å²) in [5, 5.41) is 2.68. The number of carbonyl (C=O) groups is 3. The zero-order valence-electron chi connectivity index (χ0n) is 12.8. The maximum atomic E-state index is 12.0. The molecule has 0 saturated heterocycles. The fourth-order valence-electron chi connectivity index (χ4n) is 2.00. The van der Waals surface area contributed by atoms with Crippen molar-refractivity contribution in [2.45, 2.75) is 46.1 Å². The third-order valence-electron chi connectivity index (χ3n) is 3.03. The molecule has 1 heterocycles. The Hall–Kier alpha value is -1.69. The summed E-state index contributed by atoms with van der Waals surface area (Å²) in [5.74, 6) is -0.625. The molecule has 0 fully saturated rings. The number of esters is 1. The molecule has 1 aromatic heterocycles. The predicted molar refractivity (Wildman–Crippen MR) is 81.6 cm³/mol. The van der Waals surface area contributed by atoms with Crippen molar-refractivity contribution in [3.05, 3.63) is 21.4 Å². The van der Waals surface area contributed by atoms with Crippen LogP contribution in [0.3, 0.4) is 0 Å². The minimum atomic E-state index is -0.372. The van der Waals surface area contributed by atoms with Crippen LogP contribution in [0.5, 0.6) is 0 Å². The van der Waals surface area contributed by atoms with E-state index in [-0.39, 0.29) is 43.0 Å². The molecule has 0 aliphatic heterocycles. The molecular formula is C15H21NO4S. The number of nitrogens with one attached hydrogen (secondary N) is 1. The highest BCUT2D eigenvalue weighted by Gasteiger charge is 2.16. The minimum Gasteiger partial charge on any atom is -0.469 e. The van der Waals surface area contributed by atoms with E-state index < -0.39 is 0 Å². The smallest absolute Gasteiger partial charge is 0.307 e. The van der Waals surface area contributed by atoms with Crippen LogP contribution in [-0.2, 0) is 14.3 Å². The molecule has 0 radical (unpaired) electrons. The van der Waals surface area contributed by atoms with Crippen LogP contribution >= 0.6 is 11.3 Å². The second-order valence-electron chi connectivity index (χ2n) is 5.00. The van der Waals surface area contributed by atoms with Crippen LogP contribution < -0.4 is 5.32 Å². The number of methoxy groups -OCH3 is 1. The third kappa shape index (κ3) is 5.67. The van der Waals surface area contributed by atoms with Crippen LogP contribution in [0, 0.1) is 13.8 Å². The predicted octanol–water partition coefficient (Wildman–Crippen LogP) is 2.40. The standard InChI is InChI=1S/C15H21NO4S/c1-9(7-15(19)20-4)16-14(18)6-5-13(17)12-8-10(2)21-11(12)3/h8-9H,5-7H2,1-4H3,(H,16,18)/t9-/m1/s1. The van der Waals surface area contributed by atoms with Crippen molar-refractivity contribution in [2.75, 3.05) is 7.11 Å². The van der Waals surface area contributed by atoms with Crippen LogP contribution in [0.2, 0.25) is 0 Å². The summed E-state index contributed by atoms with van der Waals surface area (Å²) in [6.07, 6.45) is 0.422. The number of thiophene rings is 1. The molecule has 1 amide bonds. The van der Waals surface area contributed by atoms with E-state index in [9.17, 15) is 14.4 Å². The number of ether oxygens (including phenoxy) is 1. The van der Waals surface area contributed by atoms with Crippen molar-refractivity contribution in [1.29, 1.82) is 0 Å². The molecule has 0 bridgehead atoms. The molecule has 1 rings (SSSR count). The first-order chi connectivity index (χ1) is 9.83. The normalized spacial score (nSPS) is 11.8. The highest BCUT2D eigenvalue weighted by molar-refractivity contribution is 7.12. The molecule has 1 N–H and O–H groups in total. The number of amides is 1. The maximum Gasteiger partial charge on any atom is 0.307 e. The lowest BCUT2D eigenvalue weighted by Crippen LogP contribution is -2.34. The number of aryl methyl sites for hydroxylation is 2. The molecule has 1 aromatic rings. The summed E-state index contributed by atoms with van der Waals surface area (Å²) in [5.41, 5.74) is 0.702. The molecule has 0 aliphatic rings. The topological polar surface area (TPSA) is 72.5 Å². The average molecular weight is 311 g/mol. The van der Waals surface area contributed by atoms with Gasteiger partial charge in [0.15, 0.2) is 5.78 Å². The van der Waals surface area contributed by atoms with Crippen molar-refractivity contribution >= 4 is 29.0 Å². The van der Waals surface area contributed by atoms with Gasteiger partial charge < -0.3 is 10.1 Å². The number of hydrogen-bond acceptors (Lipinski definition) is 5. The molecule has 1 atom stereocenters. The second-order valence-corrected chi connectivity index (χ2v) is 6.46. The van der Waals surface area contributed by atoms with Crippen molar-refractivity contribution in [1.82, 2.24) is 5.32 Å². The van der Waals surface area contributed by atoms with Crippen LogP contribution in [0.25, 0.3) is 0 Å². The molecule has 0 aromatic carbocycles. The van der Waals surface area contributed by atoms with Gasteiger partial charge >= 0.3 is 5.97 Å². The molecule has 0 saturated carbocycles. The quantitative estimate of drug-likeness (QED) is 0.620. The van der Waals surface area contributed by atoms with E-state index in [2.05, 4.69) is 10.1 Å². The van der Waals surface area contributed by atoms with E-state index in [4.69, 9.17) is 0 Å². The van der Waals surface area contributed by atoms with Crippen LogP contribution in [-0.4, -0.2) is 30.8 Å². The van der Waals surface area contributed by atoms with Crippen molar-refractivity contribution in [3.63, 3.8) is 0 Å². The van der Waals surface area contributed by atoms with E-state index >= 15 is 0 Å². The molecule has 0 unspecified atom stereocenters. The first-order valence-electron chi connectivity index (χ1n) is 6.80. The Morgan fingerprint density at radius 3 is 2.48 bits per heavy atom. The largest absolute Gasteiger partial charge is 0.469 e. The van der Waals surface area contributed by atoms with E-state index in [1.54, 1.807) is 18.3 Å². The van der Waals surface area contributed by atoms with Crippen LogP contribution in [0.4, 0.5) is 0 Å². The molecule has 5 nitrogen and oxygen atoms in total. The Morgan fingerprint density at radius 1 is 1.29 bits per heavy atom. The SMILES string of the molecule is COC(=O)C[C@@H](C)NC(=O)CCC(=O)c1cc(C)sc1C. The molecule has 116 valence electrons. The van der Waals surface area contributed by atoms with Gasteiger partial charge in [0.25, 0.3) is 0 Å². The van der Waals surface area contributed by atoms with Crippen LogP contribution in [0.15, 0.2) is 6.07 Å². The van der Waals surface area contributed by atoms with Gasteiger partial charge in [0.1, 0.15) is 0 Å². The lowest BCUT2D eigenvalue weighted by atomic mass is 10.1.